The van der Waals surface area contributed by atoms with Gasteiger partial charge in [0, 0.05) is 0 Å². The van der Waals surface area contributed by atoms with Gasteiger partial charge in [-0.1, -0.05) is 0 Å². The quantitative estimate of drug-likeness (QED) is 0.550. The molecular formula is C11H16FN5O3. The molecule has 0 aromatic carbocycles. The number of halogens is 1. The average molecular weight is 285 g/mol. The van der Waals surface area contributed by atoms with Crippen LogP contribution in [0.3, 0.4) is 0 Å². The summed E-state index contributed by atoms with van der Waals surface area (Å²) in [4.78, 5) is 9.44. The zero-order valence-corrected chi connectivity index (χ0v) is 10.8. The van der Waals surface area contributed by atoms with Crippen LogP contribution in [-0.4, -0.2) is 57.6 Å². The van der Waals surface area contributed by atoms with Crippen molar-refractivity contribution in [2.75, 3.05) is 29.2 Å². The van der Waals surface area contributed by atoms with Crippen molar-refractivity contribution in [3.05, 3.63) is 6.33 Å². The molecule has 1 fully saturated rings. The van der Waals surface area contributed by atoms with Crippen LogP contribution in [0.4, 0.5) is 21.7 Å². The fourth-order valence-electron chi connectivity index (χ4n) is 2.61. The number of nitrogens with one attached hydrogen (secondary N) is 1. The van der Waals surface area contributed by atoms with E-state index in [1.807, 2.05) is 0 Å². The molecule has 1 aromatic rings. The maximum absolute atomic E-state index is 14.7. The molecule has 20 heavy (non-hydrogen) atoms. The molecule has 8 nitrogen and oxygen atoms in total. The largest absolute Gasteiger partial charge is 0.394 e. The van der Waals surface area contributed by atoms with Crippen LogP contribution in [0.25, 0.3) is 0 Å². The van der Waals surface area contributed by atoms with Crippen molar-refractivity contribution in [1.82, 2.24) is 9.97 Å². The lowest BCUT2D eigenvalue weighted by Gasteiger charge is -2.31. The van der Waals surface area contributed by atoms with Crippen molar-refractivity contribution in [1.29, 1.82) is 0 Å². The number of anilines is 3. The van der Waals surface area contributed by atoms with Crippen LogP contribution >= 0.6 is 0 Å². The predicted molar refractivity (Wildman–Crippen MR) is 68.7 cm³/mol. The Hall–Kier alpha value is -1.71. The first-order valence-electron chi connectivity index (χ1n) is 6.21. The van der Waals surface area contributed by atoms with Gasteiger partial charge in [0.05, 0.1) is 13.3 Å². The molecule has 2 aliphatic rings. The van der Waals surface area contributed by atoms with E-state index in [4.69, 9.17) is 15.6 Å². The summed E-state index contributed by atoms with van der Waals surface area (Å²) in [5.41, 5.74) is 4.18. The lowest BCUT2D eigenvalue weighted by Crippen LogP contribution is -2.50. The molecular weight excluding hydrogens is 269 g/mol. The minimum absolute atomic E-state index is 0.229. The minimum Gasteiger partial charge on any atom is -0.394 e. The molecule has 3 heterocycles. The Balaban J connectivity index is 1.95. The van der Waals surface area contributed by atoms with Gasteiger partial charge in [-0.05, 0) is 6.92 Å². The molecule has 5 N–H and O–H groups in total. The summed E-state index contributed by atoms with van der Waals surface area (Å²) < 4.78 is 20.2. The standard InChI is InChI=1S/C11H16FN5O3/c1-11(12)7(19)5(2-18)20-10(11)17-4-16-6-8(13)14-3-15-9(6)17/h3,5,7,10,16,18-19H,2,4H2,1H3,(H2,13,14,15)/t5-,7?,10-,11?/m1/s1. The molecule has 0 spiro atoms. The highest BCUT2D eigenvalue weighted by Gasteiger charge is 2.57. The van der Waals surface area contributed by atoms with Crippen LogP contribution in [-0.2, 0) is 4.74 Å². The monoisotopic (exact) mass is 285 g/mol. The van der Waals surface area contributed by atoms with Gasteiger partial charge >= 0.3 is 0 Å². The topological polar surface area (TPSA) is 117 Å². The van der Waals surface area contributed by atoms with Crippen LogP contribution in [0.15, 0.2) is 6.33 Å². The zero-order chi connectivity index (χ0) is 14.5. The van der Waals surface area contributed by atoms with E-state index in [9.17, 15) is 9.50 Å². The second-order valence-corrected chi connectivity index (χ2v) is 5.07. The molecule has 4 atom stereocenters. The molecule has 2 unspecified atom stereocenters. The fourth-order valence-corrected chi connectivity index (χ4v) is 2.61. The van der Waals surface area contributed by atoms with Gasteiger partial charge in [-0.3, -0.25) is 0 Å². The summed E-state index contributed by atoms with van der Waals surface area (Å²) in [7, 11) is 0. The van der Waals surface area contributed by atoms with Crippen molar-refractivity contribution >= 4 is 17.3 Å². The Bertz CT molecular complexity index is 529. The highest BCUT2D eigenvalue weighted by atomic mass is 19.1. The number of ether oxygens (including phenoxy) is 1. The second-order valence-electron chi connectivity index (χ2n) is 5.07. The van der Waals surface area contributed by atoms with Crippen LogP contribution in [0.2, 0.25) is 0 Å². The van der Waals surface area contributed by atoms with Gasteiger partial charge in [0.2, 0.25) is 0 Å². The third-order valence-electron chi connectivity index (χ3n) is 3.73. The Morgan fingerprint density at radius 2 is 2.40 bits per heavy atom. The Morgan fingerprint density at radius 1 is 1.65 bits per heavy atom. The van der Waals surface area contributed by atoms with Gasteiger partial charge in [-0.15, -0.1) is 0 Å². The molecule has 1 aromatic heterocycles. The first kappa shape index (κ1) is 13.3. The third-order valence-corrected chi connectivity index (χ3v) is 3.73. The van der Waals surface area contributed by atoms with Crippen molar-refractivity contribution < 1.29 is 19.3 Å². The highest BCUT2D eigenvalue weighted by molar-refractivity contribution is 5.80. The Kier molecular flexibility index (Phi) is 2.92. The van der Waals surface area contributed by atoms with Gasteiger partial charge in [0.15, 0.2) is 23.5 Å². The van der Waals surface area contributed by atoms with Crippen molar-refractivity contribution in [3.63, 3.8) is 0 Å². The lowest BCUT2D eigenvalue weighted by molar-refractivity contribution is -0.0221. The molecule has 0 radical (unpaired) electrons. The molecule has 9 heteroatoms. The second kappa shape index (κ2) is 4.40. The van der Waals surface area contributed by atoms with Gasteiger partial charge in [0.25, 0.3) is 0 Å². The zero-order valence-electron chi connectivity index (χ0n) is 10.8. The van der Waals surface area contributed by atoms with E-state index in [-0.39, 0.29) is 12.5 Å². The van der Waals surface area contributed by atoms with Crippen molar-refractivity contribution in [2.45, 2.75) is 31.0 Å². The normalized spacial score (nSPS) is 36.0. The Morgan fingerprint density at radius 3 is 3.05 bits per heavy atom. The van der Waals surface area contributed by atoms with Gasteiger partial charge in [-0.2, -0.15) is 0 Å². The predicted octanol–water partition coefficient (Wildman–Crippen LogP) is -0.946. The van der Waals surface area contributed by atoms with E-state index in [0.29, 0.717) is 11.5 Å². The first-order chi connectivity index (χ1) is 9.46. The number of alkyl halides is 1. The minimum atomic E-state index is -2.05. The van der Waals surface area contributed by atoms with Crippen LogP contribution < -0.4 is 16.0 Å². The number of hydrogen-bond donors (Lipinski definition) is 4. The van der Waals surface area contributed by atoms with Crippen LogP contribution in [0.1, 0.15) is 6.92 Å². The number of nitrogens with zero attached hydrogens (tertiary/aromatic N) is 3. The summed E-state index contributed by atoms with van der Waals surface area (Å²) in [6.07, 6.45) is -2.18. The highest BCUT2D eigenvalue weighted by Crippen LogP contribution is 2.42. The van der Waals surface area contributed by atoms with E-state index in [1.54, 1.807) is 0 Å². The molecule has 0 saturated carbocycles. The van der Waals surface area contributed by atoms with E-state index in [2.05, 4.69) is 15.3 Å². The lowest BCUT2D eigenvalue weighted by atomic mass is 9.98. The molecule has 0 aliphatic carbocycles. The number of hydrogen-bond acceptors (Lipinski definition) is 8. The summed E-state index contributed by atoms with van der Waals surface area (Å²) in [6, 6.07) is 0. The van der Waals surface area contributed by atoms with Crippen molar-refractivity contribution in [2.24, 2.45) is 0 Å². The SMILES string of the molecule is CC1(F)C(O)[C@@H](CO)O[C@H]1N1CNc2c(N)ncnc21. The van der Waals surface area contributed by atoms with Crippen LogP contribution in [0.5, 0.6) is 0 Å². The summed E-state index contributed by atoms with van der Waals surface area (Å²) >= 11 is 0. The Labute approximate surface area is 114 Å². The molecule has 1 saturated heterocycles. The van der Waals surface area contributed by atoms with Gasteiger partial charge in [0.1, 0.15) is 24.2 Å². The fraction of sp³-hybridized carbons (Fsp3) is 0.636. The molecule has 0 bridgehead atoms. The van der Waals surface area contributed by atoms with E-state index >= 15 is 0 Å². The van der Waals surface area contributed by atoms with Crippen LogP contribution in [0, 0.1) is 0 Å². The number of nitrogen functional groups attached to an aromatic ring is 1. The molecule has 2 aliphatic heterocycles. The first-order valence-corrected chi connectivity index (χ1v) is 6.21. The molecule has 3 rings (SSSR count). The third kappa shape index (κ3) is 1.70. The molecule has 110 valence electrons. The van der Waals surface area contributed by atoms with E-state index in [0.717, 1.165) is 0 Å². The maximum atomic E-state index is 14.7. The number of nitrogens with two attached hydrogens (primary N) is 1. The number of rotatable bonds is 2. The summed E-state index contributed by atoms with van der Waals surface area (Å²) in [5.74, 6) is 0.674. The number of aromatic nitrogens is 2. The van der Waals surface area contributed by atoms with E-state index in [1.165, 1.54) is 18.2 Å². The number of aliphatic hydroxyl groups excluding tert-OH is 2. The number of fused-ring (bicyclic) bond motifs is 1. The van der Waals surface area contributed by atoms with E-state index < -0.39 is 30.7 Å². The number of aliphatic hydroxyl groups is 2. The molecule has 0 amide bonds. The summed E-state index contributed by atoms with van der Waals surface area (Å²) in [5, 5.41) is 22.0. The van der Waals surface area contributed by atoms with Gasteiger partial charge in [-0.25, -0.2) is 14.4 Å². The maximum Gasteiger partial charge on any atom is 0.181 e. The summed E-state index contributed by atoms with van der Waals surface area (Å²) in [6.45, 7) is 1.00. The van der Waals surface area contributed by atoms with Gasteiger partial charge < -0.3 is 30.9 Å². The van der Waals surface area contributed by atoms with Crippen molar-refractivity contribution in [3.8, 4) is 0 Å². The smallest absolute Gasteiger partial charge is 0.181 e. The average Bonchev–Trinajstić information content (AvgIpc) is 2.92.